The molecule has 0 radical (unpaired) electrons. The third-order valence-corrected chi connectivity index (χ3v) is 7.78. The van der Waals surface area contributed by atoms with Gasteiger partial charge >= 0.3 is 0 Å². The summed E-state index contributed by atoms with van der Waals surface area (Å²) in [5.74, 6) is -2.26. The minimum absolute atomic E-state index is 0.0585. The van der Waals surface area contributed by atoms with Crippen molar-refractivity contribution in [1.29, 1.82) is 5.26 Å². The van der Waals surface area contributed by atoms with Gasteiger partial charge in [0.2, 0.25) is 5.91 Å². The lowest BCUT2D eigenvalue weighted by atomic mass is 10.1. The molecule has 4 aromatic rings. The Bertz CT molecular complexity index is 1640. The molecule has 1 aliphatic rings. The molecule has 0 saturated heterocycles. The maximum Gasteiger partial charge on any atom is 0.280 e. The van der Waals surface area contributed by atoms with Crippen molar-refractivity contribution in [2.24, 2.45) is 5.92 Å². The summed E-state index contributed by atoms with van der Waals surface area (Å²) in [5, 5.41) is 17.5. The predicted molar refractivity (Wildman–Crippen MR) is 146 cm³/mol. The maximum absolute atomic E-state index is 13.4. The molecular formula is C25H14Cl5N5O2. The number of fused-ring (bicyclic) bond motifs is 1. The topological polar surface area (TPSA) is 114 Å². The van der Waals surface area contributed by atoms with Crippen LogP contribution in [0.3, 0.4) is 0 Å². The van der Waals surface area contributed by atoms with Crippen molar-refractivity contribution in [3.63, 3.8) is 0 Å². The van der Waals surface area contributed by atoms with Crippen molar-refractivity contribution in [2.45, 2.75) is 10.3 Å². The quantitative estimate of drug-likeness (QED) is 0.257. The van der Waals surface area contributed by atoms with E-state index >= 15 is 0 Å². The fraction of sp³-hybridized carbons (Fsp3) is 0.120. The Morgan fingerprint density at radius 1 is 1.03 bits per heavy atom. The van der Waals surface area contributed by atoms with Crippen molar-refractivity contribution in [2.75, 3.05) is 11.1 Å². The molecule has 1 heterocycles. The van der Waals surface area contributed by atoms with Crippen molar-refractivity contribution < 1.29 is 9.59 Å². The number of halogens is 5. The van der Waals surface area contributed by atoms with Gasteiger partial charge in [0, 0.05) is 27.0 Å². The number of nitrogens with two attached hydrogens (primary N) is 1. The predicted octanol–water partition coefficient (Wildman–Crippen LogP) is 6.66. The Morgan fingerprint density at radius 2 is 1.73 bits per heavy atom. The van der Waals surface area contributed by atoms with Crippen LogP contribution in [0.25, 0.3) is 10.9 Å². The minimum atomic E-state index is -1.37. The van der Waals surface area contributed by atoms with E-state index < -0.39 is 28.0 Å². The van der Waals surface area contributed by atoms with Crippen molar-refractivity contribution >= 4 is 92.2 Å². The van der Waals surface area contributed by atoms with Gasteiger partial charge in [-0.1, -0.05) is 34.8 Å². The van der Waals surface area contributed by atoms with Gasteiger partial charge in [0.1, 0.15) is 4.33 Å². The number of alkyl halides is 2. The number of rotatable bonds is 4. The standard InChI is InChI=1S/C25H14Cl5N5O2/c26-13-6-12(7-14(27)8-13)20-21(25(20,29)30)23(36)33-15-2-4-18(28)17(9-15)24(37)35-19-5-11(10-31)1-3-16(19)22(32)34-35/h1-9,20-21H,(H2,32,34)(H,33,36)/t20-,21+/m1/s1. The first kappa shape index (κ1) is 25.7. The number of anilines is 2. The third-order valence-electron chi connectivity index (χ3n) is 6.08. The molecule has 0 aliphatic heterocycles. The molecule has 12 heteroatoms. The monoisotopic (exact) mass is 591 g/mol. The van der Waals surface area contributed by atoms with Gasteiger partial charge in [-0.3, -0.25) is 9.59 Å². The summed E-state index contributed by atoms with van der Waals surface area (Å²) in [7, 11) is 0. The lowest BCUT2D eigenvalue weighted by molar-refractivity contribution is -0.117. The first-order valence-electron chi connectivity index (χ1n) is 10.7. The summed E-state index contributed by atoms with van der Waals surface area (Å²) < 4.78 is -0.298. The lowest BCUT2D eigenvalue weighted by Gasteiger charge is -2.10. The average molecular weight is 594 g/mol. The summed E-state index contributed by atoms with van der Waals surface area (Å²) in [6.07, 6.45) is 0. The van der Waals surface area contributed by atoms with Crippen LogP contribution in [0, 0.1) is 17.2 Å². The molecule has 7 nitrogen and oxygen atoms in total. The molecule has 1 amide bonds. The molecule has 1 fully saturated rings. The summed E-state index contributed by atoms with van der Waals surface area (Å²) in [5.41, 5.74) is 7.63. The Kier molecular flexibility index (Phi) is 6.51. The summed E-state index contributed by atoms with van der Waals surface area (Å²) in [6.45, 7) is 0. The van der Waals surface area contributed by atoms with Crippen molar-refractivity contribution in [1.82, 2.24) is 9.78 Å². The highest BCUT2D eigenvalue weighted by atomic mass is 35.5. The largest absolute Gasteiger partial charge is 0.382 e. The smallest absolute Gasteiger partial charge is 0.280 e. The maximum atomic E-state index is 13.4. The number of nitriles is 1. The number of nitrogen functional groups attached to an aromatic ring is 1. The van der Waals surface area contributed by atoms with Gasteiger partial charge in [-0.15, -0.1) is 28.3 Å². The van der Waals surface area contributed by atoms with Crippen LogP contribution in [0.15, 0.2) is 54.6 Å². The molecule has 3 aromatic carbocycles. The average Bonchev–Trinajstić information content (AvgIpc) is 3.28. The highest BCUT2D eigenvalue weighted by Gasteiger charge is 2.67. The van der Waals surface area contributed by atoms with E-state index in [1.807, 2.05) is 6.07 Å². The van der Waals surface area contributed by atoms with Crippen LogP contribution >= 0.6 is 58.0 Å². The molecule has 1 saturated carbocycles. The molecule has 1 aromatic heterocycles. The van der Waals surface area contributed by atoms with Crippen LogP contribution in [-0.4, -0.2) is 25.9 Å². The molecule has 186 valence electrons. The fourth-order valence-electron chi connectivity index (χ4n) is 4.29. The number of hydrogen-bond acceptors (Lipinski definition) is 5. The van der Waals surface area contributed by atoms with Gasteiger partial charge in [-0.2, -0.15) is 9.94 Å². The summed E-state index contributed by atoms with van der Waals surface area (Å²) in [4.78, 5) is 26.5. The zero-order chi connectivity index (χ0) is 26.6. The first-order valence-corrected chi connectivity index (χ1v) is 12.6. The second kappa shape index (κ2) is 9.39. The van der Waals surface area contributed by atoms with Gasteiger partial charge in [-0.05, 0) is 60.2 Å². The Labute approximate surface area is 235 Å². The Hall–Kier alpha value is -2.99. The van der Waals surface area contributed by atoms with Crippen molar-refractivity contribution in [3.8, 4) is 6.07 Å². The Balaban J connectivity index is 1.43. The normalized spacial score (nSPS) is 17.8. The van der Waals surface area contributed by atoms with Crippen LogP contribution in [-0.2, 0) is 4.79 Å². The summed E-state index contributed by atoms with van der Waals surface area (Å²) in [6, 6.07) is 16.0. The molecule has 2 atom stereocenters. The fourth-order valence-corrected chi connectivity index (χ4v) is 5.86. The van der Waals surface area contributed by atoms with Gasteiger partial charge in [0.05, 0.1) is 33.7 Å². The van der Waals surface area contributed by atoms with Gasteiger partial charge in [0.25, 0.3) is 5.91 Å². The van der Waals surface area contributed by atoms with E-state index in [1.54, 1.807) is 30.3 Å². The van der Waals surface area contributed by atoms with Crippen LogP contribution in [0.1, 0.15) is 27.4 Å². The minimum Gasteiger partial charge on any atom is -0.382 e. The third kappa shape index (κ3) is 4.61. The first-order chi connectivity index (χ1) is 17.5. The van der Waals surface area contributed by atoms with Crippen LogP contribution in [0.4, 0.5) is 11.5 Å². The molecule has 3 N–H and O–H groups in total. The van der Waals surface area contributed by atoms with Gasteiger partial charge in [-0.25, -0.2) is 0 Å². The number of hydrogen-bond donors (Lipinski definition) is 2. The zero-order valence-corrected chi connectivity index (χ0v) is 22.3. The lowest BCUT2D eigenvalue weighted by Crippen LogP contribution is -2.18. The molecule has 1 aliphatic carbocycles. The SMILES string of the molecule is N#Cc1ccc2c(N)nn(C(=O)c3cc(NC(=O)[C@@H]4[C@@H](c5cc(Cl)cc(Cl)c5)C4(Cl)Cl)ccc3Cl)c2c1. The number of carbonyl (C=O) groups is 2. The number of carbonyl (C=O) groups excluding carboxylic acids is 2. The number of benzene rings is 3. The van der Waals surface area contributed by atoms with Gasteiger partial charge in [0.15, 0.2) is 5.82 Å². The molecule has 37 heavy (non-hydrogen) atoms. The van der Waals surface area contributed by atoms with Crippen LogP contribution in [0.2, 0.25) is 15.1 Å². The van der Waals surface area contributed by atoms with E-state index in [0.717, 1.165) is 4.68 Å². The van der Waals surface area contributed by atoms with Crippen LogP contribution in [0.5, 0.6) is 0 Å². The van der Waals surface area contributed by atoms with E-state index in [2.05, 4.69) is 10.4 Å². The second-order valence-corrected chi connectivity index (χ2v) is 11.2. The molecular weight excluding hydrogens is 580 g/mol. The second-order valence-electron chi connectivity index (χ2n) is 8.46. The number of nitrogens with zero attached hydrogens (tertiary/aromatic N) is 3. The van der Waals surface area contributed by atoms with E-state index in [0.29, 0.717) is 37.8 Å². The summed E-state index contributed by atoms with van der Waals surface area (Å²) >= 11 is 31.4. The van der Waals surface area contributed by atoms with E-state index in [-0.39, 0.29) is 16.4 Å². The van der Waals surface area contributed by atoms with Crippen molar-refractivity contribution in [3.05, 3.63) is 86.4 Å². The molecule has 0 spiro atoms. The highest BCUT2D eigenvalue weighted by molar-refractivity contribution is 6.53. The zero-order valence-electron chi connectivity index (χ0n) is 18.5. The Morgan fingerprint density at radius 3 is 2.41 bits per heavy atom. The van der Waals surface area contributed by atoms with E-state index in [9.17, 15) is 14.9 Å². The number of aromatic nitrogens is 2. The van der Waals surface area contributed by atoms with Crippen LogP contribution < -0.4 is 11.1 Å². The number of amides is 1. The van der Waals surface area contributed by atoms with E-state index in [1.165, 1.54) is 24.3 Å². The van der Waals surface area contributed by atoms with E-state index in [4.69, 9.17) is 63.7 Å². The molecule has 0 unspecified atom stereocenters. The molecule has 5 rings (SSSR count). The van der Waals surface area contributed by atoms with Gasteiger partial charge < -0.3 is 11.1 Å². The molecule has 0 bridgehead atoms. The number of nitrogens with one attached hydrogen (secondary N) is 1. The highest BCUT2D eigenvalue weighted by Crippen LogP contribution is 2.65.